The minimum atomic E-state index is 0.875. The van der Waals surface area contributed by atoms with Crippen LogP contribution in [0.1, 0.15) is 0 Å². The summed E-state index contributed by atoms with van der Waals surface area (Å²) in [6, 6.07) is 59.0. The molecule has 8 aromatic carbocycles. The van der Waals surface area contributed by atoms with Crippen molar-refractivity contribution in [2.45, 2.75) is 0 Å². The molecule has 0 aliphatic heterocycles. The van der Waals surface area contributed by atoms with E-state index in [0.717, 1.165) is 66.7 Å². The molecule has 13 rings (SSSR count). The average Bonchev–Trinajstić information content (AvgIpc) is 3.94. The molecule has 13 aromatic rings. The van der Waals surface area contributed by atoms with Gasteiger partial charge in [0.05, 0.1) is 27.8 Å². The number of benzene rings is 8. The van der Waals surface area contributed by atoms with Gasteiger partial charge in [-0.05, 0) is 64.0 Å². The van der Waals surface area contributed by atoms with Crippen molar-refractivity contribution in [3.63, 3.8) is 0 Å². The number of aromatic nitrogens is 4. The second-order valence-electron chi connectivity index (χ2n) is 14.2. The Labute approximate surface area is 301 Å². The van der Waals surface area contributed by atoms with E-state index >= 15 is 0 Å². The molecular weight excluding hydrogens is 647 g/mol. The fraction of sp³-hybridized carbons (Fsp3) is 0. The van der Waals surface area contributed by atoms with Gasteiger partial charge in [-0.2, -0.15) is 0 Å². The Morgan fingerprint density at radius 1 is 0.377 bits per heavy atom. The van der Waals surface area contributed by atoms with E-state index in [0.29, 0.717) is 0 Å². The topological polar surface area (TPSA) is 37.8 Å². The largest absolute Gasteiger partial charge is 0.308 e. The molecular formula is C48H27N5. The van der Waals surface area contributed by atoms with Crippen LogP contribution in [0.3, 0.4) is 0 Å². The molecule has 5 aromatic heterocycles. The molecule has 0 unspecified atom stereocenters. The molecule has 53 heavy (non-hydrogen) atoms. The number of hydrogen-bond acceptors (Lipinski definition) is 3. The second kappa shape index (κ2) is 9.75. The maximum Gasteiger partial charge on any atom is 0.165 e. The number of hydrogen-bond donors (Lipinski definition) is 0. The molecule has 5 nitrogen and oxygen atoms in total. The summed E-state index contributed by atoms with van der Waals surface area (Å²) in [7, 11) is 0. The third kappa shape index (κ3) is 3.37. The number of fused-ring (bicyclic) bond motifs is 16. The van der Waals surface area contributed by atoms with E-state index in [4.69, 9.17) is 9.97 Å². The molecule has 0 spiro atoms. The van der Waals surface area contributed by atoms with Gasteiger partial charge >= 0.3 is 0 Å². The second-order valence-corrected chi connectivity index (χ2v) is 14.2. The van der Waals surface area contributed by atoms with Gasteiger partial charge in [0.1, 0.15) is 11.0 Å². The van der Waals surface area contributed by atoms with Crippen LogP contribution in [0.4, 0.5) is 17.1 Å². The van der Waals surface area contributed by atoms with Crippen LogP contribution in [0.5, 0.6) is 0 Å². The summed E-state index contributed by atoms with van der Waals surface area (Å²) >= 11 is 0. The smallest absolute Gasteiger partial charge is 0.165 e. The highest BCUT2D eigenvalue weighted by Gasteiger charge is 2.29. The molecule has 0 aliphatic carbocycles. The third-order valence-corrected chi connectivity index (χ3v) is 11.5. The fourth-order valence-electron chi connectivity index (χ4n) is 9.40. The van der Waals surface area contributed by atoms with E-state index in [1.54, 1.807) is 0 Å². The van der Waals surface area contributed by atoms with Gasteiger partial charge in [-0.25, -0.2) is 9.97 Å². The van der Waals surface area contributed by atoms with Crippen LogP contribution in [0, 0.1) is 0 Å². The molecule has 5 heteroatoms. The van der Waals surface area contributed by atoms with Crippen molar-refractivity contribution in [2.75, 3.05) is 4.90 Å². The maximum absolute atomic E-state index is 5.71. The Bertz CT molecular complexity index is 3580. The summed E-state index contributed by atoms with van der Waals surface area (Å²) in [5.74, 6) is 0. The lowest BCUT2D eigenvalue weighted by Crippen LogP contribution is -2.11. The van der Waals surface area contributed by atoms with Gasteiger partial charge in [-0.3, -0.25) is 8.80 Å². The monoisotopic (exact) mass is 673 g/mol. The Balaban J connectivity index is 1.31. The molecule has 0 radical (unpaired) electrons. The number of anilines is 3. The molecule has 0 amide bonds. The van der Waals surface area contributed by atoms with E-state index in [-0.39, 0.29) is 0 Å². The minimum Gasteiger partial charge on any atom is -0.308 e. The van der Waals surface area contributed by atoms with Crippen LogP contribution < -0.4 is 4.90 Å². The van der Waals surface area contributed by atoms with Gasteiger partial charge in [-0.15, -0.1) is 0 Å². The van der Waals surface area contributed by atoms with Crippen molar-refractivity contribution in [2.24, 2.45) is 0 Å². The van der Waals surface area contributed by atoms with Gasteiger partial charge in [0, 0.05) is 43.7 Å². The molecule has 0 N–H and O–H groups in total. The average molecular weight is 674 g/mol. The first kappa shape index (κ1) is 27.5. The summed E-state index contributed by atoms with van der Waals surface area (Å²) in [4.78, 5) is 13.8. The molecule has 0 saturated carbocycles. The number of rotatable bonds is 3. The lowest BCUT2D eigenvalue weighted by molar-refractivity contribution is 1.23. The summed E-state index contributed by atoms with van der Waals surface area (Å²) in [5, 5.41) is 12.0. The maximum atomic E-state index is 5.71. The van der Waals surface area contributed by atoms with Gasteiger partial charge in [-0.1, -0.05) is 121 Å². The van der Waals surface area contributed by atoms with Crippen LogP contribution in [-0.4, -0.2) is 18.8 Å². The molecule has 0 fully saturated rings. The van der Waals surface area contributed by atoms with E-state index in [9.17, 15) is 0 Å². The molecule has 244 valence electrons. The number of nitrogens with zero attached hydrogens (tertiary/aromatic N) is 5. The van der Waals surface area contributed by atoms with Crippen LogP contribution in [0.15, 0.2) is 164 Å². The van der Waals surface area contributed by atoms with Crippen LogP contribution >= 0.6 is 0 Å². The third-order valence-electron chi connectivity index (χ3n) is 11.5. The van der Waals surface area contributed by atoms with Gasteiger partial charge in [0.15, 0.2) is 11.3 Å². The van der Waals surface area contributed by atoms with Crippen LogP contribution in [0.2, 0.25) is 0 Å². The summed E-state index contributed by atoms with van der Waals surface area (Å²) in [5.41, 5.74) is 11.5. The zero-order valence-electron chi connectivity index (χ0n) is 28.3. The van der Waals surface area contributed by atoms with E-state index < -0.39 is 0 Å². The fourth-order valence-corrected chi connectivity index (χ4v) is 9.40. The van der Waals surface area contributed by atoms with Crippen molar-refractivity contribution < 1.29 is 0 Å². The van der Waals surface area contributed by atoms with Crippen molar-refractivity contribution in [1.82, 2.24) is 18.8 Å². The van der Waals surface area contributed by atoms with E-state index in [1.165, 1.54) is 48.6 Å². The Kier molecular flexibility index (Phi) is 5.06. The van der Waals surface area contributed by atoms with Crippen molar-refractivity contribution in [3.8, 4) is 0 Å². The zero-order valence-corrected chi connectivity index (χ0v) is 28.3. The minimum absolute atomic E-state index is 0.875. The lowest BCUT2D eigenvalue weighted by atomic mass is 9.98. The highest BCUT2D eigenvalue weighted by atomic mass is 15.2. The van der Waals surface area contributed by atoms with Crippen molar-refractivity contribution in [1.29, 1.82) is 0 Å². The molecule has 5 heterocycles. The van der Waals surface area contributed by atoms with E-state index in [2.05, 4.69) is 177 Å². The predicted octanol–water partition coefficient (Wildman–Crippen LogP) is 12.6. The highest BCUT2D eigenvalue weighted by molar-refractivity contribution is 6.36. The first-order valence-electron chi connectivity index (χ1n) is 18.1. The molecule has 0 bridgehead atoms. The summed E-state index contributed by atoms with van der Waals surface area (Å²) in [6.07, 6.45) is 0. The van der Waals surface area contributed by atoms with Gasteiger partial charge in [0.2, 0.25) is 0 Å². The Morgan fingerprint density at radius 2 is 0.943 bits per heavy atom. The summed E-state index contributed by atoms with van der Waals surface area (Å²) < 4.78 is 4.77. The molecule has 0 atom stereocenters. The van der Waals surface area contributed by atoms with Gasteiger partial charge < -0.3 is 4.90 Å². The van der Waals surface area contributed by atoms with Crippen LogP contribution in [0.25, 0.3) is 98.3 Å². The zero-order chi connectivity index (χ0) is 34.4. The van der Waals surface area contributed by atoms with Crippen molar-refractivity contribution >= 4 is 115 Å². The highest BCUT2D eigenvalue weighted by Crippen LogP contribution is 2.50. The van der Waals surface area contributed by atoms with Crippen LogP contribution in [-0.2, 0) is 0 Å². The summed E-state index contributed by atoms with van der Waals surface area (Å²) in [6.45, 7) is 0. The normalized spacial score (nSPS) is 12.5. The van der Waals surface area contributed by atoms with Gasteiger partial charge in [0.25, 0.3) is 0 Å². The van der Waals surface area contributed by atoms with E-state index in [1.807, 2.05) is 0 Å². The van der Waals surface area contributed by atoms with Crippen molar-refractivity contribution in [3.05, 3.63) is 164 Å². The molecule has 0 saturated heterocycles. The Hall–Kier alpha value is -7.24. The SMILES string of the molecule is c1ccc(N(c2ccccc2)c2cc3ccccc3c3c4cc5ccccc5c5c6nc7c(nc6n(c23)c45)c2cccc3c4ccccc4n7c32)cc1. The molecule has 0 aliphatic rings. The first-order chi connectivity index (χ1) is 26.3. The lowest BCUT2D eigenvalue weighted by Gasteiger charge is -2.27. The quantitative estimate of drug-likeness (QED) is 0.187. The first-order valence-corrected chi connectivity index (χ1v) is 18.1. The Morgan fingerprint density at radius 3 is 1.70 bits per heavy atom. The number of para-hydroxylation sites is 4. The predicted molar refractivity (Wildman–Crippen MR) is 221 cm³/mol. The standard InChI is InChI=1S/C48H27N5/c1-3-16-30(17-4-1)51(31-18-5-2-6-19-31)39-27-29-15-8-9-20-32(29)40-37-26-28-14-7-10-21-33(28)41-43-48(53(45(37)41)46(39)40)49-42-36-24-13-23-35-34-22-11-12-25-38(34)52(44(35)36)47(42)50-43/h1-27H.